The molecule has 1 saturated heterocycles. The molecule has 1 aliphatic heterocycles. The third-order valence-electron chi connectivity index (χ3n) is 5.16. The van der Waals surface area contributed by atoms with Crippen LogP contribution in [0.25, 0.3) is 0 Å². The molecule has 1 aromatic carbocycles. The van der Waals surface area contributed by atoms with E-state index >= 15 is 0 Å². The molecule has 0 aliphatic carbocycles. The van der Waals surface area contributed by atoms with E-state index < -0.39 is 0 Å². The average molecular weight is 376 g/mol. The van der Waals surface area contributed by atoms with Crippen molar-refractivity contribution < 1.29 is 14.3 Å². The molecule has 0 aromatic heterocycles. The van der Waals surface area contributed by atoms with E-state index in [1.54, 1.807) is 0 Å². The number of aryl methyl sites for hydroxylation is 1. The molecule has 1 heterocycles. The van der Waals surface area contributed by atoms with Gasteiger partial charge in [0.15, 0.2) is 5.78 Å². The number of likely N-dealkylation sites (tertiary alicyclic amines) is 1. The van der Waals surface area contributed by atoms with E-state index in [9.17, 15) is 4.79 Å². The summed E-state index contributed by atoms with van der Waals surface area (Å²) in [6.45, 7) is 9.76. The summed E-state index contributed by atoms with van der Waals surface area (Å²) in [5, 5.41) is 0. The lowest BCUT2D eigenvalue weighted by molar-refractivity contribution is 0.0958. The molecule has 0 N–H and O–H groups in total. The Morgan fingerprint density at radius 1 is 1.04 bits per heavy atom. The fourth-order valence-corrected chi connectivity index (χ4v) is 3.49. The van der Waals surface area contributed by atoms with Gasteiger partial charge in [0.2, 0.25) is 0 Å². The van der Waals surface area contributed by atoms with Crippen molar-refractivity contribution in [3.63, 3.8) is 0 Å². The smallest absolute Gasteiger partial charge is 0.164 e. The second-order valence-electron chi connectivity index (χ2n) is 7.42. The number of unbranched alkanes of at least 4 members (excludes halogenated alkanes) is 1. The lowest BCUT2D eigenvalue weighted by Gasteiger charge is -2.26. The zero-order valence-corrected chi connectivity index (χ0v) is 17.3. The molecule has 0 bridgehead atoms. The van der Waals surface area contributed by atoms with Crippen LogP contribution in [0.1, 0.15) is 74.7 Å². The summed E-state index contributed by atoms with van der Waals surface area (Å²) in [5.41, 5.74) is 1.95. The fraction of sp³-hybridized carbons (Fsp3) is 0.696. The Morgan fingerprint density at radius 2 is 1.81 bits per heavy atom. The van der Waals surface area contributed by atoms with Gasteiger partial charge < -0.3 is 14.4 Å². The van der Waals surface area contributed by atoms with Crippen molar-refractivity contribution in [2.45, 2.75) is 65.2 Å². The van der Waals surface area contributed by atoms with Gasteiger partial charge >= 0.3 is 0 Å². The molecular formula is C23H37NO3. The van der Waals surface area contributed by atoms with Gasteiger partial charge in [0.1, 0.15) is 5.75 Å². The van der Waals surface area contributed by atoms with Gasteiger partial charge in [-0.25, -0.2) is 0 Å². The lowest BCUT2D eigenvalue weighted by atomic mass is 10.0. The summed E-state index contributed by atoms with van der Waals surface area (Å²) in [6, 6.07) is 5.93. The molecule has 1 aliphatic rings. The molecule has 1 aromatic rings. The quantitative estimate of drug-likeness (QED) is 0.363. The van der Waals surface area contributed by atoms with Crippen molar-refractivity contribution in [1.82, 2.24) is 4.90 Å². The van der Waals surface area contributed by atoms with E-state index in [2.05, 4.69) is 18.7 Å². The molecule has 152 valence electrons. The predicted molar refractivity (Wildman–Crippen MR) is 111 cm³/mol. The Morgan fingerprint density at radius 3 is 2.56 bits per heavy atom. The first kappa shape index (κ1) is 21.9. The number of carbonyl (C=O) groups is 1. The fourth-order valence-electron chi connectivity index (χ4n) is 3.49. The number of hydrogen-bond acceptors (Lipinski definition) is 4. The number of benzene rings is 1. The first-order valence-electron chi connectivity index (χ1n) is 10.8. The first-order valence-corrected chi connectivity index (χ1v) is 10.8. The number of rotatable bonds is 13. The summed E-state index contributed by atoms with van der Waals surface area (Å²) in [4.78, 5) is 15.0. The molecule has 0 spiro atoms. The standard InChI is InChI=1S/C23H37NO3/c1-3-16-26-17-8-9-18-27-23-11-10-21(19-20(23)4-2)22(25)12-15-24-13-6-5-7-14-24/h10-11,19H,3-9,12-18H2,1-2H3. The molecule has 0 radical (unpaired) electrons. The maximum absolute atomic E-state index is 12.6. The number of hydrogen-bond donors (Lipinski definition) is 0. The summed E-state index contributed by atoms with van der Waals surface area (Å²) in [7, 11) is 0. The van der Waals surface area contributed by atoms with Crippen LogP contribution in [0.4, 0.5) is 0 Å². The minimum Gasteiger partial charge on any atom is -0.493 e. The Labute approximate surface area is 165 Å². The lowest BCUT2D eigenvalue weighted by Crippen LogP contribution is -2.31. The molecule has 0 unspecified atom stereocenters. The summed E-state index contributed by atoms with van der Waals surface area (Å²) < 4.78 is 11.4. The predicted octanol–water partition coefficient (Wildman–Crippen LogP) is 4.89. The van der Waals surface area contributed by atoms with Crippen LogP contribution in [0.15, 0.2) is 18.2 Å². The van der Waals surface area contributed by atoms with E-state index in [0.717, 1.165) is 75.4 Å². The number of ether oxygens (including phenoxy) is 2. The maximum Gasteiger partial charge on any atom is 0.164 e. The second kappa shape index (κ2) is 12.9. The van der Waals surface area contributed by atoms with Crippen LogP contribution in [0.3, 0.4) is 0 Å². The summed E-state index contributed by atoms with van der Waals surface area (Å²) in [6.07, 6.45) is 8.44. The average Bonchev–Trinajstić information content (AvgIpc) is 2.72. The van der Waals surface area contributed by atoms with Crippen LogP contribution >= 0.6 is 0 Å². The molecule has 27 heavy (non-hydrogen) atoms. The van der Waals surface area contributed by atoms with Gasteiger partial charge in [0.05, 0.1) is 6.61 Å². The highest BCUT2D eigenvalue weighted by molar-refractivity contribution is 5.96. The maximum atomic E-state index is 12.6. The molecule has 0 atom stereocenters. The second-order valence-corrected chi connectivity index (χ2v) is 7.42. The summed E-state index contributed by atoms with van der Waals surface area (Å²) >= 11 is 0. The van der Waals surface area contributed by atoms with Crippen LogP contribution in [-0.2, 0) is 11.2 Å². The zero-order chi connectivity index (χ0) is 19.3. The van der Waals surface area contributed by atoms with Gasteiger partial charge in [0.25, 0.3) is 0 Å². The normalized spacial score (nSPS) is 15.0. The monoisotopic (exact) mass is 375 g/mol. The number of ketones is 1. The highest BCUT2D eigenvalue weighted by Crippen LogP contribution is 2.22. The largest absolute Gasteiger partial charge is 0.493 e. The molecule has 0 saturated carbocycles. The topological polar surface area (TPSA) is 38.8 Å². The zero-order valence-electron chi connectivity index (χ0n) is 17.3. The van der Waals surface area contributed by atoms with E-state index in [1.807, 2.05) is 18.2 Å². The Kier molecular flexibility index (Phi) is 10.5. The van der Waals surface area contributed by atoms with Crippen molar-refractivity contribution in [1.29, 1.82) is 0 Å². The minimum atomic E-state index is 0.245. The third-order valence-corrected chi connectivity index (χ3v) is 5.16. The van der Waals surface area contributed by atoms with Crippen molar-refractivity contribution in [3.8, 4) is 5.75 Å². The third kappa shape index (κ3) is 8.02. The minimum absolute atomic E-state index is 0.245. The summed E-state index contributed by atoms with van der Waals surface area (Å²) in [5.74, 6) is 1.16. The van der Waals surface area contributed by atoms with Crippen molar-refractivity contribution in [2.24, 2.45) is 0 Å². The molecule has 1 fully saturated rings. The van der Waals surface area contributed by atoms with E-state index in [-0.39, 0.29) is 5.78 Å². The van der Waals surface area contributed by atoms with Gasteiger partial charge in [-0.2, -0.15) is 0 Å². The van der Waals surface area contributed by atoms with Gasteiger partial charge in [0, 0.05) is 31.7 Å². The van der Waals surface area contributed by atoms with E-state index in [0.29, 0.717) is 13.0 Å². The van der Waals surface area contributed by atoms with Crippen LogP contribution in [0.2, 0.25) is 0 Å². The number of Topliss-reactive ketones (excluding diaryl/α,β-unsaturated/α-hetero) is 1. The number of piperidine rings is 1. The van der Waals surface area contributed by atoms with Crippen LogP contribution in [-0.4, -0.2) is 50.1 Å². The molecular weight excluding hydrogens is 338 g/mol. The van der Waals surface area contributed by atoms with Gasteiger partial charge in [-0.1, -0.05) is 20.3 Å². The van der Waals surface area contributed by atoms with Gasteiger partial charge in [-0.3, -0.25) is 4.79 Å². The number of carbonyl (C=O) groups excluding carboxylic acids is 1. The van der Waals surface area contributed by atoms with Gasteiger partial charge in [-0.05, 0) is 75.4 Å². The Balaban J connectivity index is 1.77. The van der Waals surface area contributed by atoms with Crippen LogP contribution < -0.4 is 4.74 Å². The first-order chi connectivity index (χ1) is 13.2. The SMILES string of the molecule is CCCOCCCCOc1ccc(C(=O)CCN2CCCCC2)cc1CC. The molecule has 0 amide bonds. The van der Waals surface area contributed by atoms with Crippen molar-refractivity contribution in [3.05, 3.63) is 29.3 Å². The molecule has 4 heteroatoms. The Bertz CT molecular complexity index is 553. The highest BCUT2D eigenvalue weighted by Gasteiger charge is 2.14. The molecule has 2 rings (SSSR count). The van der Waals surface area contributed by atoms with Gasteiger partial charge in [-0.15, -0.1) is 0 Å². The van der Waals surface area contributed by atoms with Crippen LogP contribution in [0, 0.1) is 0 Å². The van der Waals surface area contributed by atoms with E-state index in [1.165, 1.54) is 19.3 Å². The van der Waals surface area contributed by atoms with E-state index in [4.69, 9.17) is 9.47 Å². The molecule has 4 nitrogen and oxygen atoms in total. The van der Waals surface area contributed by atoms with Crippen LogP contribution in [0.5, 0.6) is 5.75 Å². The Hall–Kier alpha value is -1.39. The highest BCUT2D eigenvalue weighted by atomic mass is 16.5. The van der Waals surface area contributed by atoms with Crippen molar-refractivity contribution in [2.75, 3.05) is 39.5 Å². The van der Waals surface area contributed by atoms with Crippen molar-refractivity contribution >= 4 is 5.78 Å². The number of nitrogens with zero attached hydrogens (tertiary/aromatic N) is 1.